The van der Waals surface area contributed by atoms with E-state index < -0.39 is 156 Å². The topological polar surface area (TPSA) is 513 Å². The zero-order valence-corrected chi connectivity index (χ0v) is 67.7. The summed E-state index contributed by atoms with van der Waals surface area (Å²) in [4.78, 5) is 147. The number of amides is 9. The van der Waals surface area contributed by atoms with Crippen LogP contribution in [0.4, 0.5) is 15.3 Å². The molecule has 118 heavy (non-hydrogen) atoms. The van der Waals surface area contributed by atoms with Crippen LogP contribution in [0.2, 0.25) is 0 Å². The van der Waals surface area contributed by atoms with Gasteiger partial charge in [-0.15, -0.1) is 5.10 Å². The Kier molecular flexibility index (Phi) is 33.5. The zero-order chi connectivity index (χ0) is 84.8. The number of aliphatic hydroxyl groups excluding tert-OH is 5. The minimum Gasteiger partial charge on any atom is -0.429 e. The van der Waals surface area contributed by atoms with Crippen LogP contribution in [0.25, 0.3) is 0 Å². The molecule has 4 heterocycles. The molecule has 652 valence electrons. The Hall–Kier alpha value is -8.57. The number of nitrogens with zero attached hydrogens (tertiary/aromatic N) is 4. The molecule has 0 radical (unpaired) electrons. The first-order valence-electron chi connectivity index (χ1n) is 41.2. The highest BCUT2D eigenvalue weighted by atomic mass is 16.8. The molecule has 37 heteroatoms. The maximum Gasteiger partial charge on any atom is 0.509 e. The number of allylic oxidation sites excluding steroid dienone is 4. The quantitative estimate of drug-likeness (QED) is 0.0255. The fourth-order valence-corrected chi connectivity index (χ4v) is 17.8. The van der Waals surface area contributed by atoms with Crippen LogP contribution in [0.15, 0.2) is 60.2 Å². The molecule has 37 nitrogen and oxygen atoms in total. The molecule has 9 amide bonds. The molecule has 5 aliphatic carbocycles. The predicted molar refractivity (Wildman–Crippen MR) is 415 cm³/mol. The molecule has 2 saturated heterocycles. The molecular formula is C81H117N11O26. The number of nitrogens with one attached hydrogen (secondary N) is 6. The molecule has 2 aromatic rings. The molecule has 13 N–H and O–H groups in total. The second kappa shape index (κ2) is 43.1. The van der Waals surface area contributed by atoms with Crippen LogP contribution in [0, 0.1) is 34.5 Å². The lowest BCUT2D eigenvalue weighted by atomic mass is 9.46. The Morgan fingerprint density at radius 2 is 1.41 bits per heavy atom. The van der Waals surface area contributed by atoms with Crippen molar-refractivity contribution in [3.8, 4) is 0 Å². The molecular weight excluding hydrogens is 1540 g/mol. The number of urea groups is 1. The Morgan fingerprint density at radius 3 is 2.10 bits per heavy atom. The maximum absolute atomic E-state index is 14.8. The zero-order valence-electron chi connectivity index (χ0n) is 67.7. The number of carbonyl (C=O) groups excluding carboxylic acids is 11. The van der Waals surface area contributed by atoms with Gasteiger partial charge in [0.2, 0.25) is 35.3 Å². The number of benzene rings is 1. The third-order valence-corrected chi connectivity index (χ3v) is 23.8. The predicted octanol–water partition coefficient (Wildman–Crippen LogP) is 1.68. The molecule has 5 fully saturated rings. The number of Topliss-reactive ketones (excluding diaryl/α,β-unsaturated/α-hetero) is 1. The van der Waals surface area contributed by atoms with Crippen molar-refractivity contribution in [2.45, 2.75) is 229 Å². The highest BCUT2D eigenvalue weighted by molar-refractivity contribution is 6.13. The molecule has 18 atom stereocenters. The van der Waals surface area contributed by atoms with Crippen molar-refractivity contribution >= 4 is 70.8 Å². The van der Waals surface area contributed by atoms with E-state index in [4.69, 9.17) is 53.1 Å². The number of rotatable bonds is 44. The number of hydrogen-bond acceptors (Lipinski definition) is 28. The van der Waals surface area contributed by atoms with Crippen LogP contribution >= 0.6 is 0 Å². The van der Waals surface area contributed by atoms with Gasteiger partial charge in [-0.2, -0.15) is 0 Å². The van der Waals surface area contributed by atoms with E-state index in [1.54, 1.807) is 38.1 Å². The van der Waals surface area contributed by atoms with Crippen LogP contribution < -0.4 is 37.6 Å². The molecule has 1 aromatic heterocycles. The van der Waals surface area contributed by atoms with Crippen LogP contribution in [-0.2, 0) is 104 Å². The summed E-state index contributed by atoms with van der Waals surface area (Å²) in [6.45, 7) is 8.99. The third kappa shape index (κ3) is 22.7. The number of hydrogen-bond donors (Lipinski definition) is 12. The highest BCUT2D eigenvalue weighted by Gasteiger charge is 2.76. The van der Waals surface area contributed by atoms with Gasteiger partial charge in [0.05, 0.1) is 83.9 Å². The van der Waals surface area contributed by atoms with Gasteiger partial charge >= 0.3 is 12.2 Å². The number of anilines is 1. The molecule has 10 rings (SSSR count). The first kappa shape index (κ1) is 91.7. The van der Waals surface area contributed by atoms with E-state index in [9.17, 15) is 78.3 Å². The first-order chi connectivity index (χ1) is 56.6. The number of carbonyl (C=O) groups is 11. The summed E-state index contributed by atoms with van der Waals surface area (Å²) in [6.07, 6.45) is 3.38. The number of imide groups is 1. The third-order valence-electron chi connectivity index (χ3n) is 23.8. The number of fused-ring (bicyclic) bond motifs is 8. The van der Waals surface area contributed by atoms with Crippen molar-refractivity contribution in [2.75, 3.05) is 97.6 Å². The number of ketones is 2. The Labute approximate surface area is 684 Å². The lowest BCUT2D eigenvalue weighted by molar-refractivity contribution is -0.254. The molecule has 0 spiro atoms. The lowest BCUT2D eigenvalue weighted by Gasteiger charge is -2.59. The fourth-order valence-electron chi connectivity index (χ4n) is 17.8. The number of ether oxygens (including phenoxy) is 10. The van der Waals surface area contributed by atoms with E-state index in [-0.39, 0.29) is 165 Å². The molecule has 2 unspecified atom stereocenters. The number of nitrogens with two attached hydrogens (primary N) is 1. The van der Waals surface area contributed by atoms with E-state index in [1.807, 2.05) is 19.9 Å². The second-order valence-electron chi connectivity index (χ2n) is 32.1. The van der Waals surface area contributed by atoms with Gasteiger partial charge in [0.1, 0.15) is 67.6 Å². The summed E-state index contributed by atoms with van der Waals surface area (Å²) in [5.74, 6) is -5.47. The van der Waals surface area contributed by atoms with Gasteiger partial charge in [0.15, 0.2) is 30.5 Å². The van der Waals surface area contributed by atoms with Gasteiger partial charge < -0.3 is 111 Å². The van der Waals surface area contributed by atoms with E-state index in [1.165, 1.54) is 29.0 Å². The number of unbranched alkanes of at least 4 members (excludes halogenated alkanes) is 1. The highest BCUT2D eigenvalue weighted by Crippen LogP contribution is 2.70. The SMILES string of the molecule is CCCC1O[C@@H]2C[C@H]3[C@@H]4CCC5=CC(=O)C=C[C@]5(C)[C@H]4[C@@H](O)C[C@]3(C)[C@]2(C(=O)COC(=O)OCc2ccc(NC(=O)[C@H](CCCNC(N)=O)NC(=O)[C@@H](NC(=O)[C@@H](CCCCNC(=O)COC3CCCCCc4c3nnn4[C@@H]3O[C@H](CO)[C@H](O)[C@H](O)[C@H]3O)NC(=O)CCOCCOCCOCCOCCN3C(=O)C=CC3=O)C(C)C)cc2)O1. The summed E-state index contributed by atoms with van der Waals surface area (Å²) in [5, 5.41) is 78.7. The minimum absolute atomic E-state index is 0.0214. The van der Waals surface area contributed by atoms with Gasteiger partial charge in [-0.3, -0.25) is 48.1 Å². The largest absolute Gasteiger partial charge is 0.509 e. The van der Waals surface area contributed by atoms with Gasteiger partial charge in [0, 0.05) is 54.1 Å². The summed E-state index contributed by atoms with van der Waals surface area (Å²) in [5.41, 5.74) is 5.05. The maximum atomic E-state index is 14.8. The van der Waals surface area contributed by atoms with Crippen LogP contribution in [0.1, 0.15) is 167 Å². The lowest BCUT2D eigenvalue weighted by Crippen LogP contribution is -2.63. The van der Waals surface area contributed by atoms with Crippen molar-refractivity contribution in [3.05, 3.63) is 77.2 Å². The van der Waals surface area contributed by atoms with Crippen molar-refractivity contribution in [2.24, 2.45) is 40.2 Å². The van der Waals surface area contributed by atoms with Crippen molar-refractivity contribution in [1.29, 1.82) is 0 Å². The van der Waals surface area contributed by atoms with Crippen LogP contribution in [0.5, 0.6) is 0 Å². The number of aromatic nitrogens is 3. The molecule has 3 aliphatic heterocycles. The van der Waals surface area contributed by atoms with Gasteiger partial charge in [-0.05, 0) is 131 Å². The second-order valence-corrected chi connectivity index (χ2v) is 32.1. The van der Waals surface area contributed by atoms with E-state index >= 15 is 0 Å². The minimum atomic E-state index is -1.64. The normalized spacial score (nSPS) is 28.3. The number of primary amides is 1. The average molecular weight is 1660 g/mol. The first-order valence-corrected chi connectivity index (χ1v) is 41.2. The monoisotopic (exact) mass is 1660 g/mol. The Morgan fingerprint density at radius 1 is 0.720 bits per heavy atom. The van der Waals surface area contributed by atoms with Crippen LogP contribution in [-0.4, -0.2) is 269 Å². The molecule has 3 saturated carbocycles. The van der Waals surface area contributed by atoms with Gasteiger partial charge in [0.25, 0.3) is 11.8 Å². The van der Waals surface area contributed by atoms with E-state index in [2.05, 4.69) is 49.1 Å². The standard InChI is InChI=1S/C81H117N11O26/c1-6-13-66-117-61-41-53-52-23-20-49-40-51(94)26-28-79(49,4)67(52)57(95)42-80(53,5)81(61,118-66)60(96)45-115-78(108)114-44-48-18-21-50(22-19-48)85-73(104)55(15-12-30-84-77(82)107)87-75(106)68(47(2)3)88-74(105)54(86-62(97)27-32-109-34-36-111-38-39-112-37-35-110-33-31-91-64(99)24-25-65(91)100)14-10-11-29-83-63(98)46-113-58-17-9-7-8-16-56-69(58)89-90-92(56)76-72(103)71(102)70(101)59(43-93)116-76/h18-19,21-22,24-26,28,40,47,52-55,57-59,61,66-68,70-72,76,93,95,101-103H,6-17,20,23,27,29-39,41-46H2,1-5H3,(H,83,98)(H,85,104)(H,86,97)(H,87,106)(H,88,105)(H3,82,84,107)/t52-,53-,54+,55-,57-,58?,59+,61+,66?,67+,68-,70-,71-,72+,76+,79-,80-,81+/m0/s1. The summed E-state index contributed by atoms with van der Waals surface area (Å²) in [6, 6.07) is 1.64. The van der Waals surface area contributed by atoms with Crippen molar-refractivity contribution in [3.63, 3.8) is 0 Å². The van der Waals surface area contributed by atoms with Crippen molar-refractivity contribution in [1.82, 2.24) is 46.5 Å². The van der Waals surface area contributed by atoms with E-state index in [0.29, 0.717) is 61.9 Å². The van der Waals surface area contributed by atoms with Crippen molar-refractivity contribution < 1.29 is 126 Å². The number of aliphatic hydroxyl groups is 5. The Bertz CT molecular complexity index is 3900. The average Bonchev–Trinajstić information content (AvgIpc) is 1.50. The fraction of sp³-hybridized carbons (Fsp3) is 0.691. The summed E-state index contributed by atoms with van der Waals surface area (Å²) >= 11 is 0. The molecule has 0 bridgehead atoms. The van der Waals surface area contributed by atoms with Crippen LogP contribution in [0.3, 0.4) is 0 Å². The van der Waals surface area contributed by atoms with Gasteiger partial charge in [-0.25, -0.2) is 14.3 Å². The summed E-state index contributed by atoms with van der Waals surface area (Å²) in [7, 11) is 0. The van der Waals surface area contributed by atoms with Gasteiger partial charge in [-0.1, -0.05) is 82.9 Å². The molecule has 8 aliphatic rings. The molecule has 1 aromatic carbocycles. The van der Waals surface area contributed by atoms with E-state index in [0.717, 1.165) is 36.2 Å². The smallest absolute Gasteiger partial charge is 0.429 e. The summed E-state index contributed by atoms with van der Waals surface area (Å²) < 4.78 is 59.6. The Balaban J connectivity index is 0.710.